The third-order valence-corrected chi connectivity index (χ3v) is 3.64. The second-order valence-corrected chi connectivity index (χ2v) is 6.75. The molecule has 1 aromatic rings. The number of hydrogen-bond acceptors (Lipinski definition) is 3. The third kappa shape index (κ3) is 4.21. The highest BCUT2D eigenvalue weighted by atomic mass is 19.1. The number of carbonyl (C=O) groups excluding carboxylic acids is 2. The first-order valence-electron chi connectivity index (χ1n) is 7.72. The Kier molecular flexibility index (Phi) is 4.92. The van der Waals surface area contributed by atoms with Crippen molar-refractivity contribution in [2.75, 3.05) is 19.6 Å². The number of amides is 2. The van der Waals surface area contributed by atoms with E-state index in [-0.39, 0.29) is 23.6 Å². The summed E-state index contributed by atoms with van der Waals surface area (Å²) in [5.41, 5.74) is -0.495. The van der Waals surface area contributed by atoms with Gasteiger partial charge in [0.1, 0.15) is 11.4 Å². The Balaban J connectivity index is 2.03. The molecule has 23 heavy (non-hydrogen) atoms. The van der Waals surface area contributed by atoms with Crippen LogP contribution in [0.15, 0.2) is 24.3 Å². The Morgan fingerprint density at radius 3 is 2.43 bits per heavy atom. The molecule has 6 heteroatoms. The zero-order chi connectivity index (χ0) is 17.2. The second kappa shape index (κ2) is 6.56. The molecule has 1 aliphatic rings. The fourth-order valence-corrected chi connectivity index (χ4v) is 2.54. The molecule has 0 N–H and O–H groups in total. The summed E-state index contributed by atoms with van der Waals surface area (Å²) in [6.07, 6.45) is -0.387. The molecule has 1 aromatic carbocycles. The molecule has 1 atom stereocenters. The summed E-state index contributed by atoms with van der Waals surface area (Å²) in [6, 6.07) is 5.73. The van der Waals surface area contributed by atoms with Gasteiger partial charge in [-0.2, -0.15) is 0 Å². The monoisotopic (exact) mass is 322 g/mol. The molecule has 5 nitrogen and oxygen atoms in total. The van der Waals surface area contributed by atoms with Gasteiger partial charge in [-0.25, -0.2) is 9.18 Å². The van der Waals surface area contributed by atoms with Gasteiger partial charge >= 0.3 is 6.09 Å². The first-order chi connectivity index (χ1) is 10.7. The van der Waals surface area contributed by atoms with Crippen LogP contribution in [0.2, 0.25) is 0 Å². The molecular weight excluding hydrogens is 299 g/mol. The fraction of sp³-hybridized carbons (Fsp3) is 0.529. The van der Waals surface area contributed by atoms with Gasteiger partial charge in [-0.1, -0.05) is 12.1 Å². The summed E-state index contributed by atoms with van der Waals surface area (Å²) in [7, 11) is 0. The Labute approximate surface area is 136 Å². The lowest BCUT2D eigenvalue weighted by molar-refractivity contribution is 0.00607. The maximum absolute atomic E-state index is 13.8. The highest BCUT2D eigenvalue weighted by molar-refractivity contribution is 5.94. The van der Waals surface area contributed by atoms with Crippen LogP contribution >= 0.6 is 0 Å². The molecule has 1 fully saturated rings. The van der Waals surface area contributed by atoms with Crippen LogP contribution in [0.3, 0.4) is 0 Å². The van der Waals surface area contributed by atoms with Crippen LogP contribution in [0.1, 0.15) is 38.1 Å². The van der Waals surface area contributed by atoms with Crippen LogP contribution in [0.25, 0.3) is 0 Å². The lowest BCUT2D eigenvalue weighted by Crippen LogP contribution is -2.56. The van der Waals surface area contributed by atoms with Gasteiger partial charge in [-0.05, 0) is 39.8 Å². The van der Waals surface area contributed by atoms with Gasteiger partial charge in [0.15, 0.2) is 0 Å². The lowest BCUT2D eigenvalue weighted by Gasteiger charge is -2.40. The Morgan fingerprint density at radius 1 is 1.22 bits per heavy atom. The van der Waals surface area contributed by atoms with E-state index in [0.29, 0.717) is 19.6 Å². The van der Waals surface area contributed by atoms with E-state index in [1.165, 1.54) is 12.1 Å². The third-order valence-electron chi connectivity index (χ3n) is 3.64. The normalized spacial score (nSPS) is 18.7. The van der Waals surface area contributed by atoms with Crippen LogP contribution in [0.5, 0.6) is 0 Å². The molecular formula is C17H23FN2O3. The molecule has 0 spiro atoms. The molecule has 0 radical (unpaired) electrons. The first-order valence-corrected chi connectivity index (χ1v) is 7.72. The molecule has 0 aliphatic carbocycles. The smallest absolute Gasteiger partial charge is 0.410 e. The number of carbonyl (C=O) groups is 2. The largest absolute Gasteiger partial charge is 0.444 e. The number of piperazine rings is 1. The van der Waals surface area contributed by atoms with Gasteiger partial charge in [0.25, 0.3) is 5.91 Å². The van der Waals surface area contributed by atoms with Crippen molar-refractivity contribution in [2.24, 2.45) is 0 Å². The van der Waals surface area contributed by atoms with E-state index < -0.39 is 11.4 Å². The molecule has 0 bridgehead atoms. The van der Waals surface area contributed by atoms with Crippen molar-refractivity contribution in [2.45, 2.75) is 39.3 Å². The van der Waals surface area contributed by atoms with Gasteiger partial charge in [0.2, 0.25) is 0 Å². The van der Waals surface area contributed by atoms with E-state index in [2.05, 4.69) is 0 Å². The molecule has 1 aliphatic heterocycles. The second-order valence-electron chi connectivity index (χ2n) is 6.75. The van der Waals surface area contributed by atoms with E-state index in [1.54, 1.807) is 21.9 Å². The van der Waals surface area contributed by atoms with Crippen LogP contribution in [0.4, 0.5) is 9.18 Å². The number of nitrogens with zero attached hydrogens (tertiary/aromatic N) is 2. The van der Waals surface area contributed by atoms with Crippen molar-refractivity contribution in [1.29, 1.82) is 0 Å². The van der Waals surface area contributed by atoms with E-state index in [4.69, 9.17) is 4.74 Å². The van der Waals surface area contributed by atoms with Gasteiger partial charge in [-0.15, -0.1) is 0 Å². The summed E-state index contributed by atoms with van der Waals surface area (Å²) < 4.78 is 19.1. The summed E-state index contributed by atoms with van der Waals surface area (Å²) in [6.45, 7) is 8.38. The SMILES string of the molecule is C[C@H]1CN(C(=O)OC(C)(C)C)CCN1C(=O)c1ccccc1F. The number of benzene rings is 1. The van der Waals surface area contributed by atoms with Gasteiger partial charge in [0.05, 0.1) is 5.56 Å². The van der Waals surface area contributed by atoms with Crippen molar-refractivity contribution in [3.05, 3.63) is 35.6 Å². The van der Waals surface area contributed by atoms with Crippen LogP contribution in [0, 0.1) is 5.82 Å². The van der Waals surface area contributed by atoms with Crippen LogP contribution in [-0.2, 0) is 4.74 Å². The van der Waals surface area contributed by atoms with Gasteiger partial charge < -0.3 is 14.5 Å². The highest BCUT2D eigenvalue weighted by Crippen LogP contribution is 2.18. The Morgan fingerprint density at radius 2 is 1.87 bits per heavy atom. The van der Waals surface area contributed by atoms with Crippen molar-refractivity contribution >= 4 is 12.0 Å². The average molecular weight is 322 g/mol. The van der Waals surface area contributed by atoms with Crippen LogP contribution in [-0.4, -0.2) is 53.1 Å². The molecule has 2 amide bonds. The molecule has 2 rings (SSSR count). The summed E-state index contributed by atoms with van der Waals surface area (Å²) in [5.74, 6) is -0.876. The van der Waals surface area contributed by atoms with E-state index in [9.17, 15) is 14.0 Å². The van der Waals surface area contributed by atoms with E-state index in [1.807, 2.05) is 27.7 Å². The van der Waals surface area contributed by atoms with Crippen molar-refractivity contribution in [3.63, 3.8) is 0 Å². The predicted octanol–water partition coefficient (Wildman–Crippen LogP) is 2.91. The van der Waals surface area contributed by atoms with E-state index >= 15 is 0 Å². The molecule has 1 saturated heterocycles. The number of rotatable bonds is 1. The summed E-state index contributed by atoms with van der Waals surface area (Å²) >= 11 is 0. The topological polar surface area (TPSA) is 49.9 Å². The maximum Gasteiger partial charge on any atom is 0.410 e. The zero-order valence-corrected chi connectivity index (χ0v) is 14.0. The van der Waals surface area contributed by atoms with E-state index in [0.717, 1.165) is 0 Å². The number of hydrogen-bond donors (Lipinski definition) is 0. The lowest BCUT2D eigenvalue weighted by atomic mass is 10.1. The Hall–Kier alpha value is -2.11. The minimum Gasteiger partial charge on any atom is -0.444 e. The van der Waals surface area contributed by atoms with Crippen molar-refractivity contribution in [1.82, 2.24) is 9.80 Å². The molecule has 126 valence electrons. The number of halogens is 1. The zero-order valence-electron chi connectivity index (χ0n) is 14.0. The van der Waals surface area contributed by atoms with Gasteiger partial charge in [0, 0.05) is 25.7 Å². The molecule has 0 unspecified atom stereocenters. The Bertz CT molecular complexity index is 598. The van der Waals surface area contributed by atoms with Crippen molar-refractivity contribution in [3.8, 4) is 0 Å². The predicted molar refractivity (Wildman–Crippen MR) is 84.7 cm³/mol. The maximum atomic E-state index is 13.8. The molecule has 1 heterocycles. The number of ether oxygens (including phenoxy) is 1. The highest BCUT2D eigenvalue weighted by Gasteiger charge is 2.33. The summed E-state index contributed by atoms with van der Waals surface area (Å²) in [4.78, 5) is 27.8. The molecule has 0 saturated carbocycles. The van der Waals surface area contributed by atoms with Crippen LogP contribution < -0.4 is 0 Å². The van der Waals surface area contributed by atoms with Gasteiger partial charge in [-0.3, -0.25) is 4.79 Å². The minimum absolute atomic E-state index is 0.0602. The summed E-state index contributed by atoms with van der Waals surface area (Å²) in [5, 5.41) is 0. The molecule has 0 aromatic heterocycles. The quantitative estimate of drug-likeness (QED) is 0.799. The average Bonchev–Trinajstić information content (AvgIpc) is 2.45. The van der Waals surface area contributed by atoms with Crippen molar-refractivity contribution < 1.29 is 18.7 Å². The standard InChI is InChI=1S/C17H23FN2O3/c1-12-11-19(16(22)23-17(2,3)4)9-10-20(12)15(21)13-7-5-6-8-14(13)18/h5-8,12H,9-11H2,1-4H3/t12-/m0/s1. The fourth-order valence-electron chi connectivity index (χ4n) is 2.54. The minimum atomic E-state index is -0.555. The first kappa shape index (κ1) is 17.2.